The minimum Gasteiger partial charge on any atom is -0.351 e. The lowest BCUT2D eigenvalue weighted by atomic mass is 10.1. The standard InChI is InChI=1S/C13H12N2O2/c1-2-3-6-14-13(17)10-5-4-9-8-12(16)15-11(9)7-10/h1,4-5,7H,3,6,8H2,(H,14,17)(H,15,16). The van der Waals surface area contributed by atoms with Crippen LogP contribution in [-0.2, 0) is 11.2 Å². The van der Waals surface area contributed by atoms with Gasteiger partial charge < -0.3 is 10.6 Å². The summed E-state index contributed by atoms with van der Waals surface area (Å²) in [7, 11) is 0. The Bertz CT molecular complexity index is 515. The summed E-state index contributed by atoms with van der Waals surface area (Å²) >= 11 is 0. The highest BCUT2D eigenvalue weighted by molar-refractivity contribution is 6.02. The molecule has 86 valence electrons. The first kappa shape index (κ1) is 11.2. The summed E-state index contributed by atoms with van der Waals surface area (Å²) in [6.45, 7) is 0.457. The highest BCUT2D eigenvalue weighted by Gasteiger charge is 2.18. The van der Waals surface area contributed by atoms with E-state index in [-0.39, 0.29) is 11.8 Å². The van der Waals surface area contributed by atoms with Crippen molar-refractivity contribution in [1.82, 2.24) is 5.32 Å². The van der Waals surface area contributed by atoms with Crippen molar-refractivity contribution in [3.8, 4) is 12.3 Å². The highest BCUT2D eigenvalue weighted by atomic mass is 16.2. The molecule has 1 heterocycles. The van der Waals surface area contributed by atoms with Crippen molar-refractivity contribution in [2.45, 2.75) is 12.8 Å². The number of fused-ring (bicyclic) bond motifs is 1. The van der Waals surface area contributed by atoms with Gasteiger partial charge in [-0.05, 0) is 17.7 Å². The molecular weight excluding hydrogens is 216 g/mol. The van der Waals surface area contributed by atoms with Crippen LogP contribution in [0.2, 0.25) is 0 Å². The summed E-state index contributed by atoms with van der Waals surface area (Å²) in [6.07, 6.45) is 5.98. The van der Waals surface area contributed by atoms with E-state index in [1.54, 1.807) is 18.2 Å². The van der Waals surface area contributed by atoms with Gasteiger partial charge in [-0.25, -0.2) is 0 Å². The lowest BCUT2D eigenvalue weighted by Gasteiger charge is -2.05. The molecule has 2 N–H and O–H groups in total. The topological polar surface area (TPSA) is 58.2 Å². The Morgan fingerprint density at radius 3 is 3.12 bits per heavy atom. The fourth-order valence-corrected chi connectivity index (χ4v) is 1.71. The van der Waals surface area contributed by atoms with E-state index in [2.05, 4.69) is 16.6 Å². The van der Waals surface area contributed by atoms with Gasteiger partial charge in [0.25, 0.3) is 5.91 Å². The Hall–Kier alpha value is -2.28. The Morgan fingerprint density at radius 2 is 2.35 bits per heavy atom. The largest absolute Gasteiger partial charge is 0.351 e. The van der Waals surface area contributed by atoms with Gasteiger partial charge in [0.05, 0.1) is 6.42 Å². The van der Waals surface area contributed by atoms with Crippen molar-refractivity contribution in [2.75, 3.05) is 11.9 Å². The maximum absolute atomic E-state index is 11.7. The number of rotatable bonds is 3. The summed E-state index contributed by atoms with van der Waals surface area (Å²) in [5.74, 6) is 2.24. The third-order valence-corrected chi connectivity index (χ3v) is 2.55. The number of nitrogens with one attached hydrogen (secondary N) is 2. The first-order chi connectivity index (χ1) is 8.20. The van der Waals surface area contributed by atoms with Crippen LogP contribution in [-0.4, -0.2) is 18.4 Å². The van der Waals surface area contributed by atoms with E-state index in [0.717, 1.165) is 11.3 Å². The molecule has 0 atom stereocenters. The number of benzene rings is 1. The summed E-state index contributed by atoms with van der Waals surface area (Å²) < 4.78 is 0. The molecule has 1 aliphatic heterocycles. The van der Waals surface area contributed by atoms with Gasteiger partial charge >= 0.3 is 0 Å². The minimum atomic E-state index is -0.177. The molecule has 2 amide bonds. The lowest BCUT2D eigenvalue weighted by Crippen LogP contribution is -2.24. The molecule has 0 unspecified atom stereocenters. The minimum absolute atomic E-state index is 0.0371. The zero-order valence-corrected chi connectivity index (χ0v) is 9.25. The second kappa shape index (κ2) is 4.71. The van der Waals surface area contributed by atoms with E-state index in [0.29, 0.717) is 24.9 Å². The molecule has 4 heteroatoms. The van der Waals surface area contributed by atoms with Crippen molar-refractivity contribution in [1.29, 1.82) is 0 Å². The van der Waals surface area contributed by atoms with Gasteiger partial charge in [0.15, 0.2) is 0 Å². The zero-order valence-electron chi connectivity index (χ0n) is 9.25. The van der Waals surface area contributed by atoms with E-state index >= 15 is 0 Å². The van der Waals surface area contributed by atoms with Gasteiger partial charge in [0.1, 0.15) is 0 Å². The highest BCUT2D eigenvalue weighted by Crippen LogP contribution is 2.23. The van der Waals surface area contributed by atoms with Crippen LogP contribution >= 0.6 is 0 Å². The molecule has 0 saturated carbocycles. The monoisotopic (exact) mass is 228 g/mol. The van der Waals surface area contributed by atoms with Crippen LogP contribution in [0.5, 0.6) is 0 Å². The maximum Gasteiger partial charge on any atom is 0.251 e. The molecule has 0 aliphatic carbocycles. The molecule has 0 radical (unpaired) electrons. The predicted octanol–water partition coefficient (Wildman–Crippen LogP) is 0.934. The van der Waals surface area contributed by atoms with E-state index in [4.69, 9.17) is 6.42 Å². The summed E-state index contributed by atoms with van der Waals surface area (Å²) in [6, 6.07) is 5.19. The number of hydrogen-bond donors (Lipinski definition) is 2. The average Bonchev–Trinajstić information content (AvgIpc) is 2.68. The van der Waals surface area contributed by atoms with Gasteiger partial charge in [-0.2, -0.15) is 0 Å². The zero-order chi connectivity index (χ0) is 12.3. The smallest absolute Gasteiger partial charge is 0.251 e. The van der Waals surface area contributed by atoms with Crippen molar-refractivity contribution in [3.05, 3.63) is 29.3 Å². The van der Waals surface area contributed by atoms with Gasteiger partial charge in [-0.1, -0.05) is 6.07 Å². The molecule has 1 aromatic rings. The molecule has 1 aliphatic rings. The second-order valence-corrected chi connectivity index (χ2v) is 3.81. The molecule has 1 aromatic carbocycles. The number of anilines is 1. The van der Waals surface area contributed by atoms with Gasteiger partial charge in [-0.3, -0.25) is 9.59 Å². The van der Waals surface area contributed by atoms with Crippen LogP contribution in [0.25, 0.3) is 0 Å². The van der Waals surface area contributed by atoms with E-state index in [9.17, 15) is 9.59 Å². The Morgan fingerprint density at radius 1 is 1.53 bits per heavy atom. The molecular formula is C13H12N2O2. The van der Waals surface area contributed by atoms with Crippen LogP contribution in [0, 0.1) is 12.3 Å². The Balaban J connectivity index is 2.08. The first-order valence-electron chi connectivity index (χ1n) is 5.35. The molecule has 0 bridgehead atoms. The third kappa shape index (κ3) is 2.45. The van der Waals surface area contributed by atoms with Crippen LogP contribution in [0.4, 0.5) is 5.69 Å². The molecule has 0 aromatic heterocycles. The molecule has 0 fully saturated rings. The van der Waals surface area contributed by atoms with Crippen molar-refractivity contribution >= 4 is 17.5 Å². The van der Waals surface area contributed by atoms with Crippen LogP contribution in [0.3, 0.4) is 0 Å². The normalized spacial score (nSPS) is 12.5. The SMILES string of the molecule is C#CCCNC(=O)c1ccc2c(c1)NC(=O)C2. The Labute approximate surface area is 99.4 Å². The number of hydrogen-bond acceptors (Lipinski definition) is 2. The maximum atomic E-state index is 11.7. The lowest BCUT2D eigenvalue weighted by molar-refractivity contribution is -0.115. The molecule has 2 rings (SSSR count). The van der Waals surface area contributed by atoms with Crippen molar-refractivity contribution in [3.63, 3.8) is 0 Å². The fourth-order valence-electron chi connectivity index (χ4n) is 1.71. The number of amides is 2. The molecule has 4 nitrogen and oxygen atoms in total. The van der Waals surface area contributed by atoms with Crippen LogP contribution in [0.1, 0.15) is 22.3 Å². The Kier molecular flexibility index (Phi) is 3.10. The molecule has 17 heavy (non-hydrogen) atoms. The van der Waals surface area contributed by atoms with E-state index in [1.165, 1.54) is 0 Å². The van der Waals surface area contributed by atoms with Gasteiger partial charge in [-0.15, -0.1) is 12.3 Å². The van der Waals surface area contributed by atoms with Crippen LogP contribution < -0.4 is 10.6 Å². The fraction of sp³-hybridized carbons (Fsp3) is 0.231. The van der Waals surface area contributed by atoms with Crippen LogP contribution in [0.15, 0.2) is 18.2 Å². The second-order valence-electron chi connectivity index (χ2n) is 3.81. The summed E-state index contributed by atoms with van der Waals surface area (Å²) in [5.41, 5.74) is 2.18. The van der Waals surface area contributed by atoms with Crippen molar-refractivity contribution in [2.24, 2.45) is 0 Å². The van der Waals surface area contributed by atoms with E-state index in [1.807, 2.05) is 0 Å². The first-order valence-corrected chi connectivity index (χ1v) is 5.35. The average molecular weight is 228 g/mol. The molecule has 0 saturated heterocycles. The number of terminal acetylenes is 1. The van der Waals surface area contributed by atoms with Crippen molar-refractivity contribution < 1.29 is 9.59 Å². The van der Waals surface area contributed by atoms with Gasteiger partial charge in [0, 0.05) is 24.2 Å². The van der Waals surface area contributed by atoms with Gasteiger partial charge in [0.2, 0.25) is 5.91 Å². The summed E-state index contributed by atoms with van der Waals surface area (Å²) in [4.78, 5) is 22.9. The van der Waals surface area contributed by atoms with E-state index < -0.39 is 0 Å². The summed E-state index contributed by atoms with van der Waals surface area (Å²) in [5, 5.41) is 5.42. The number of carbonyl (C=O) groups is 2. The quantitative estimate of drug-likeness (QED) is 0.597. The molecule has 0 spiro atoms. The third-order valence-electron chi connectivity index (χ3n) is 2.55. The number of carbonyl (C=O) groups excluding carboxylic acids is 2. The predicted molar refractivity (Wildman–Crippen MR) is 64.6 cm³/mol.